The van der Waals surface area contributed by atoms with Crippen molar-refractivity contribution in [2.45, 2.75) is 45.6 Å². The number of rotatable bonds is 7. The number of benzene rings is 1. The summed E-state index contributed by atoms with van der Waals surface area (Å²) in [5.41, 5.74) is 0.494. The monoisotopic (exact) mass is 473 g/mol. The minimum absolute atomic E-state index is 0.0767. The Bertz CT molecular complexity index is 997. The van der Waals surface area contributed by atoms with Gasteiger partial charge in [-0.15, -0.1) is 5.10 Å². The second-order valence-corrected chi connectivity index (χ2v) is 9.88. The van der Waals surface area contributed by atoms with Gasteiger partial charge in [0, 0.05) is 25.6 Å². The molecule has 1 aliphatic heterocycles. The van der Waals surface area contributed by atoms with Crippen LogP contribution in [0.15, 0.2) is 18.2 Å². The molecule has 0 saturated carbocycles. The number of nitrogens with zero attached hydrogens (tertiary/aromatic N) is 4. The molecule has 1 aliphatic rings. The van der Waals surface area contributed by atoms with Gasteiger partial charge >= 0.3 is 0 Å². The zero-order chi connectivity index (χ0) is 21.9. The Kier molecular flexibility index (Phi) is 7.38. The lowest BCUT2D eigenvalue weighted by Gasteiger charge is -2.31. The Morgan fingerprint density at radius 3 is 2.40 bits per heavy atom. The smallest absolute Gasteiger partial charge is 0.293 e. The maximum Gasteiger partial charge on any atom is 0.293 e. The molecule has 0 radical (unpaired) electrons. The number of carbonyl (C=O) groups is 1. The lowest BCUT2D eigenvalue weighted by molar-refractivity contribution is 0.0699. The SMILES string of the molecule is CCCS(=O)(=O)NC1CCN(C(=O)c2nc(CC)n(-c3c(Cl)cccc3Cl)n2)CC1. The molecule has 164 valence electrons. The van der Waals surface area contributed by atoms with Gasteiger partial charge in [-0.25, -0.2) is 22.8 Å². The number of piperidine rings is 1. The van der Waals surface area contributed by atoms with Crippen LogP contribution in [0.4, 0.5) is 0 Å². The van der Waals surface area contributed by atoms with Crippen molar-refractivity contribution in [3.8, 4) is 5.69 Å². The van der Waals surface area contributed by atoms with Crippen LogP contribution in [0.3, 0.4) is 0 Å². The number of sulfonamides is 1. The van der Waals surface area contributed by atoms with Gasteiger partial charge in [-0.05, 0) is 31.4 Å². The van der Waals surface area contributed by atoms with Crippen LogP contribution in [-0.2, 0) is 16.4 Å². The number of nitrogens with one attached hydrogen (secondary N) is 1. The Labute approximate surface area is 186 Å². The molecule has 1 N–H and O–H groups in total. The number of para-hydroxylation sites is 1. The van der Waals surface area contributed by atoms with Crippen LogP contribution in [-0.4, -0.2) is 58.9 Å². The first-order valence-corrected chi connectivity index (χ1v) is 12.4. The fourth-order valence-corrected chi connectivity index (χ4v) is 5.41. The summed E-state index contributed by atoms with van der Waals surface area (Å²) in [5, 5.41) is 5.22. The number of aryl methyl sites for hydroxylation is 1. The lowest BCUT2D eigenvalue weighted by Crippen LogP contribution is -2.47. The predicted molar refractivity (Wildman–Crippen MR) is 117 cm³/mol. The Balaban J connectivity index is 1.74. The van der Waals surface area contributed by atoms with Crippen LogP contribution in [0.25, 0.3) is 5.69 Å². The molecular weight excluding hydrogens is 449 g/mol. The summed E-state index contributed by atoms with van der Waals surface area (Å²) in [6.07, 6.45) is 2.21. The van der Waals surface area contributed by atoms with Crippen molar-refractivity contribution < 1.29 is 13.2 Å². The van der Waals surface area contributed by atoms with Crippen molar-refractivity contribution >= 4 is 39.1 Å². The topological polar surface area (TPSA) is 97.2 Å². The van der Waals surface area contributed by atoms with E-state index in [2.05, 4.69) is 14.8 Å². The molecule has 1 aromatic carbocycles. The van der Waals surface area contributed by atoms with E-state index in [1.54, 1.807) is 23.1 Å². The van der Waals surface area contributed by atoms with Gasteiger partial charge in [-0.1, -0.05) is 43.1 Å². The van der Waals surface area contributed by atoms with Gasteiger partial charge in [0.25, 0.3) is 5.91 Å². The minimum Gasteiger partial charge on any atom is -0.336 e. The molecule has 2 aromatic rings. The normalized spacial score (nSPS) is 15.5. The van der Waals surface area contributed by atoms with E-state index in [1.165, 1.54) is 4.68 Å². The van der Waals surface area contributed by atoms with Crippen LogP contribution in [0.1, 0.15) is 49.6 Å². The second-order valence-electron chi connectivity index (χ2n) is 7.19. The molecule has 8 nitrogen and oxygen atoms in total. The third kappa shape index (κ3) is 5.14. The first-order chi connectivity index (χ1) is 14.3. The van der Waals surface area contributed by atoms with Crippen molar-refractivity contribution in [2.24, 2.45) is 0 Å². The number of halogens is 2. The summed E-state index contributed by atoms with van der Waals surface area (Å²) in [6.45, 7) is 4.60. The molecule has 0 unspecified atom stereocenters. The summed E-state index contributed by atoms with van der Waals surface area (Å²) in [6, 6.07) is 4.98. The van der Waals surface area contributed by atoms with Gasteiger partial charge in [-0.2, -0.15) is 0 Å². The average Bonchev–Trinajstić information content (AvgIpc) is 3.11. The van der Waals surface area contributed by atoms with Crippen LogP contribution in [0.2, 0.25) is 10.0 Å². The molecule has 1 saturated heterocycles. The van der Waals surface area contributed by atoms with E-state index in [0.29, 0.717) is 60.3 Å². The number of hydrogen-bond acceptors (Lipinski definition) is 5. The third-order valence-electron chi connectivity index (χ3n) is 4.93. The van der Waals surface area contributed by atoms with Crippen LogP contribution in [0, 0.1) is 0 Å². The zero-order valence-electron chi connectivity index (χ0n) is 16.9. The molecule has 11 heteroatoms. The number of aromatic nitrogens is 3. The molecule has 1 amide bonds. The highest BCUT2D eigenvalue weighted by molar-refractivity contribution is 7.89. The average molecular weight is 474 g/mol. The maximum absolute atomic E-state index is 13.0. The first-order valence-electron chi connectivity index (χ1n) is 9.95. The van der Waals surface area contributed by atoms with Gasteiger partial charge in [0.1, 0.15) is 11.5 Å². The van der Waals surface area contributed by atoms with Crippen molar-refractivity contribution in [1.82, 2.24) is 24.4 Å². The predicted octanol–water partition coefficient (Wildman–Crippen LogP) is 3.07. The van der Waals surface area contributed by atoms with E-state index in [4.69, 9.17) is 23.2 Å². The summed E-state index contributed by atoms with van der Waals surface area (Å²) < 4.78 is 28.2. The molecule has 0 spiro atoms. The van der Waals surface area contributed by atoms with Crippen molar-refractivity contribution in [1.29, 1.82) is 0 Å². The minimum atomic E-state index is -3.27. The highest BCUT2D eigenvalue weighted by atomic mass is 35.5. The molecule has 3 rings (SSSR count). The van der Waals surface area contributed by atoms with Gasteiger partial charge in [0.05, 0.1) is 15.8 Å². The van der Waals surface area contributed by atoms with Crippen LogP contribution >= 0.6 is 23.2 Å². The quantitative estimate of drug-likeness (QED) is 0.665. The summed E-state index contributed by atoms with van der Waals surface area (Å²) in [5.74, 6) is 0.475. The molecule has 0 aliphatic carbocycles. The Morgan fingerprint density at radius 2 is 1.83 bits per heavy atom. The third-order valence-corrected chi connectivity index (χ3v) is 7.18. The molecule has 1 fully saturated rings. The fourth-order valence-electron chi connectivity index (χ4n) is 3.46. The summed E-state index contributed by atoms with van der Waals surface area (Å²) in [4.78, 5) is 19.0. The Hall–Kier alpha value is -1.68. The lowest BCUT2D eigenvalue weighted by atomic mass is 10.1. The van der Waals surface area contributed by atoms with E-state index in [9.17, 15) is 13.2 Å². The summed E-state index contributed by atoms with van der Waals surface area (Å²) in [7, 11) is -3.27. The molecule has 1 aromatic heterocycles. The Morgan fingerprint density at radius 1 is 1.20 bits per heavy atom. The molecule has 30 heavy (non-hydrogen) atoms. The number of hydrogen-bond donors (Lipinski definition) is 1. The van der Waals surface area contributed by atoms with Crippen molar-refractivity contribution in [3.05, 3.63) is 39.9 Å². The summed E-state index contributed by atoms with van der Waals surface area (Å²) >= 11 is 12.6. The van der Waals surface area contributed by atoms with E-state index in [-0.39, 0.29) is 23.5 Å². The first kappa shape index (κ1) is 23.0. The standard InChI is InChI=1S/C19H25Cl2N5O3S/c1-3-12-30(28,29)24-13-8-10-25(11-9-13)19(27)18-22-16(4-2)26(23-18)17-14(20)6-5-7-15(17)21/h5-7,13,24H,3-4,8-12H2,1-2H3. The molecule has 2 heterocycles. The van der Waals surface area contributed by atoms with Gasteiger partial charge < -0.3 is 4.90 Å². The molecule has 0 bridgehead atoms. The van der Waals surface area contributed by atoms with E-state index in [1.807, 2.05) is 13.8 Å². The van der Waals surface area contributed by atoms with E-state index < -0.39 is 10.0 Å². The van der Waals surface area contributed by atoms with E-state index >= 15 is 0 Å². The highest BCUT2D eigenvalue weighted by Crippen LogP contribution is 2.29. The largest absolute Gasteiger partial charge is 0.336 e. The van der Waals surface area contributed by atoms with Crippen LogP contribution in [0.5, 0.6) is 0 Å². The van der Waals surface area contributed by atoms with Crippen molar-refractivity contribution in [2.75, 3.05) is 18.8 Å². The van der Waals surface area contributed by atoms with Crippen LogP contribution < -0.4 is 4.72 Å². The van der Waals surface area contributed by atoms with E-state index in [0.717, 1.165) is 0 Å². The maximum atomic E-state index is 13.0. The highest BCUT2D eigenvalue weighted by Gasteiger charge is 2.29. The fraction of sp³-hybridized carbons (Fsp3) is 0.526. The molecular formula is C19H25Cl2N5O3S. The molecule has 0 atom stereocenters. The number of amides is 1. The second kappa shape index (κ2) is 9.64. The number of likely N-dealkylation sites (tertiary alicyclic amines) is 1. The van der Waals surface area contributed by atoms with Crippen molar-refractivity contribution in [3.63, 3.8) is 0 Å². The van der Waals surface area contributed by atoms with Gasteiger partial charge in [0.15, 0.2) is 0 Å². The zero-order valence-corrected chi connectivity index (χ0v) is 19.3. The number of carbonyl (C=O) groups excluding carboxylic acids is 1. The van der Waals surface area contributed by atoms with Gasteiger partial charge in [-0.3, -0.25) is 4.79 Å². The van der Waals surface area contributed by atoms with Gasteiger partial charge in [0.2, 0.25) is 15.8 Å².